The smallest absolute Gasteiger partial charge is 0.243 e. The standard InChI is InChI=1S/C19H32N4O3.HI/c1-6-7-12-20-19(21-15-18(24)22(2)3)23(4)13-14-26-17-10-8-16(25-5)9-11-17;/h8-11H,6-7,12-15H2,1-5H3,(H,20,21);1H. The van der Waals surface area contributed by atoms with Gasteiger partial charge in [-0.25, -0.2) is 4.99 Å². The summed E-state index contributed by atoms with van der Waals surface area (Å²) in [6.45, 7) is 4.26. The number of carbonyl (C=O) groups excluding carboxylic acids is 1. The van der Waals surface area contributed by atoms with Gasteiger partial charge in [0.05, 0.1) is 13.7 Å². The van der Waals surface area contributed by atoms with Crippen molar-refractivity contribution in [3.05, 3.63) is 24.3 Å². The van der Waals surface area contributed by atoms with E-state index in [2.05, 4.69) is 17.2 Å². The minimum absolute atomic E-state index is 0. The monoisotopic (exact) mass is 492 g/mol. The lowest BCUT2D eigenvalue weighted by molar-refractivity contribution is -0.127. The van der Waals surface area contributed by atoms with Crippen molar-refractivity contribution < 1.29 is 14.3 Å². The molecule has 0 aromatic heterocycles. The topological polar surface area (TPSA) is 66.4 Å². The molecule has 1 aromatic carbocycles. The fourth-order valence-corrected chi connectivity index (χ4v) is 2.05. The van der Waals surface area contributed by atoms with Gasteiger partial charge in [-0.3, -0.25) is 4.79 Å². The van der Waals surface area contributed by atoms with Crippen LogP contribution in [0, 0.1) is 0 Å². The van der Waals surface area contributed by atoms with E-state index >= 15 is 0 Å². The Morgan fingerprint density at radius 3 is 2.33 bits per heavy atom. The fraction of sp³-hybridized carbons (Fsp3) is 0.579. The van der Waals surface area contributed by atoms with Crippen molar-refractivity contribution in [1.29, 1.82) is 0 Å². The Morgan fingerprint density at radius 1 is 1.15 bits per heavy atom. The van der Waals surface area contributed by atoms with E-state index in [4.69, 9.17) is 9.47 Å². The first kappa shape index (κ1) is 25.3. The summed E-state index contributed by atoms with van der Waals surface area (Å²) in [4.78, 5) is 19.7. The number of nitrogens with one attached hydrogen (secondary N) is 1. The summed E-state index contributed by atoms with van der Waals surface area (Å²) in [5, 5.41) is 3.31. The summed E-state index contributed by atoms with van der Waals surface area (Å²) in [5.41, 5.74) is 0. The summed E-state index contributed by atoms with van der Waals surface area (Å²) in [6.07, 6.45) is 2.15. The maximum atomic E-state index is 11.8. The van der Waals surface area contributed by atoms with Gasteiger partial charge in [0, 0.05) is 27.7 Å². The summed E-state index contributed by atoms with van der Waals surface area (Å²) >= 11 is 0. The van der Waals surface area contributed by atoms with Gasteiger partial charge in [-0.15, -0.1) is 24.0 Å². The van der Waals surface area contributed by atoms with Gasteiger partial charge in [-0.1, -0.05) is 13.3 Å². The van der Waals surface area contributed by atoms with E-state index in [1.54, 1.807) is 26.1 Å². The zero-order valence-corrected chi connectivity index (χ0v) is 19.4. The second-order valence-electron chi connectivity index (χ2n) is 6.15. The number of likely N-dealkylation sites (N-methyl/N-ethyl adjacent to an activating group) is 2. The van der Waals surface area contributed by atoms with Crippen LogP contribution in [0.1, 0.15) is 19.8 Å². The molecule has 154 valence electrons. The fourth-order valence-electron chi connectivity index (χ4n) is 2.05. The van der Waals surface area contributed by atoms with Gasteiger partial charge in [0.1, 0.15) is 24.7 Å². The lowest BCUT2D eigenvalue weighted by Crippen LogP contribution is -2.42. The number of ether oxygens (including phenoxy) is 2. The maximum Gasteiger partial charge on any atom is 0.243 e. The van der Waals surface area contributed by atoms with Gasteiger partial charge in [-0.05, 0) is 30.7 Å². The molecular weight excluding hydrogens is 459 g/mol. The van der Waals surface area contributed by atoms with Crippen LogP contribution in [0.15, 0.2) is 29.3 Å². The van der Waals surface area contributed by atoms with Crippen molar-refractivity contribution in [2.75, 3.05) is 54.5 Å². The molecule has 0 spiro atoms. The van der Waals surface area contributed by atoms with Crippen molar-refractivity contribution in [2.24, 2.45) is 4.99 Å². The van der Waals surface area contributed by atoms with Crippen molar-refractivity contribution in [1.82, 2.24) is 15.1 Å². The molecule has 0 saturated carbocycles. The number of guanidine groups is 1. The molecule has 1 aromatic rings. The minimum Gasteiger partial charge on any atom is -0.497 e. The number of unbranched alkanes of at least 4 members (excludes halogenated alkanes) is 1. The number of aliphatic imine (C=N–C) groups is 1. The molecule has 1 rings (SSSR count). The van der Waals surface area contributed by atoms with Crippen molar-refractivity contribution in [3.8, 4) is 11.5 Å². The number of hydrogen-bond acceptors (Lipinski definition) is 4. The Balaban J connectivity index is 0.00000676. The van der Waals surface area contributed by atoms with E-state index in [0.717, 1.165) is 30.9 Å². The zero-order chi connectivity index (χ0) is 19.4. The van der Waals surface area contributed by atoms with Crippen molar-refractivity contribution in [2.45, 2.75) is 19.8 Å². The van der Waals surface area contributed by atoms with Crippen LogP contribution >= 0.6 is 24.0 Å². The zero-order valence-electron chi connectivity index (χ0n) is 17.0. The number of carbonyl (C=O) groups is 1. The minimum atomic E-state index is -0.0253. The van der Waals surface area contributed by atoms with Crippen LogP contribution in [0.5, 0.6) is 11.5 Å². The average Bonchev–Trinajstić information content (AvgIpc) is 2.64. The van der Waals surface area contributed by atoms with Gasteiger partial charge < -0.3 is 24.6 Å². The summed E-state index contributed by atoms with van der Waals surface area (Å²) < 4.78 is 10.9. The molecule has 27 heavy (non-hydrogen) atoms. The first-order chi connectivity index (χ1) is 12.5. The third-order valence-corrected chi connectivity index (χ3v) is 3.79. The van der Waals surface area contributed by atoms with Gasteiger partial charge in [0.25, 0.3) is 0 Å². The third-order valence-electron chi connectivity index (χ3n) is 3.79. The molecule has 0 atom stereocenters. The molecule has 0 unspecified atom stereocenters. The lowest BCUT2D eigenvalue weighted by atomic mass is 10.3. The summed E-state index contributed by atoms with van der Waals surface area (Å²) in [5.74, 6) is 2.28. The van der Waals surface area contributed by atoms with E-state index in [1.807, 2.05) is 36.2 Å². The summed E-state index contributed by atoms with van der Waals surface area (Å²) in [6, 6.07) is 7.49. The third kappa shape index (κ3) is 10.3. The molecule has 0 fully saturated rings. The Kier molecular flexibility index (Phi) is 13.5. The van der Waals surface area contributed by atoms with Crippen molar-refractivity contribution in [3.63, 3.8) is 0 Å². The van der Waals surface area contributed by atoms with E-state index < -0.39 is 0 Å². The number of halogens is 1. The van der Waals surface area contributed by atoms with E-state index in [0.29, 0.717) is 19.1 Å². The average molecular weight is 492 g/mol. The Hall–Kier alpha value is -1.71. The van der Waals surface area contributed by atoms with Gasteiger partial charge in [0.15, 0.2) is 5.96 Å². The molecule has 0 saturated heterocycles. The SMILES string of the molecule is CCCCNC(=NCC(=O)N(C)C)N(C)CCOc1ccc(OC)cc1.I. The Bertz CT molecular complexity index is 565. The number of rotatable bonds is 10. The second kappa shape index (κ2) is 14.4. The van der Waals surface area contributed by atoms with Crippen LogP contribution < -0.4 is 14.8 Å². The highest BCUT2D eigenvalue weighted by Crippen LogP contribution is 2.16. The molecule has 7 nitrogen and oxygen atoms in total. The molecule has 0 aliphatic heterocycles. The lowest BCUT2D eigenvalue weighted by Gasteiger charge is -2.23. The molecule has 0 heterocycles. The number of nitrogens with zero attached hydrogens (tertiary/aromatic N) is 3. The van der Waals surface area contributed by atoms with E-state index in [9.17, 15) is 4.79 Å². The highest BCUT2D eigenvalue weighted by molar-refractivity contribution is 14.0. The molecule has 1 amide bonds. The number of benzene rings is 1. The molecule has 0 bridgehead atoms. The maximum absolute atomic E-state index is 11.8. The predicted octanol–water partition coefficient (Wildman–Crippen LogP) is 2.46. The molecular formula is C19H33IN4O3. The molecule has 0 radical (unpaired) electrons. The van der Waals surface area contributed by atoms with Crippen LogP contribution in [0.25, 0.3) is 0 Å². The van der Waals surface area contributed by atoms with Crippen LogP contribution in [0.2, 0.25) is 0 Å². The first-order valence-electron chi connectivity index (χ1n) is 8.94. The predicted molar refractivity (Wildman–Crippen MR) is 120 cm³/mol. The number of methoxy groups -OCH3 is 1. The highest BCUT2D eigenvalue weighted by atomic mass is 127. The van der Waals surface area contributed by atoms with Gasteiger partial charge in [-0.2, -0.15) is 0 Å². The van der Waals surface area contributed by atoms with Crippen LogP contribution in [-0.2, 0) is 4.79 Å². The molecule has 0 aliphatic carbocycles. The van der Waals surface area contributed by atoms with E-state index in [-0.39, 0.29) is 36.4 Å². The molecule has 0 aliphatic rings. The normalized spacial score (nSPS) is 10.6. The highest BCUT2D eigenvalue weighted by Gasteiger charge is 2.09. The van der Waals surface area contributed by atoms with Crippen LogP contribution in [0.4, 0.5) is 0 Å². The largest absolute Gasteiger partial charge is 0.497 e. The van der Waals surface area contributed by atoms with Crippen LogP contribution in [-0.4, -0.2) is 76.2 Å². The summed E-state index contributed by atoms with van der Waals surface area (Å²) in [7, 11) is 7.04. The second-order valence-corrected chi connectivity index (χ2v) is 6.15. The quantitative estimate of drug-likeness (QED) is 0.235. The van der Waals surface area contributed by atoms with Crippen molar-refractivity contribution >= 4 is 35.8 Å². The van der Waals surface area contributed by atoms with Crippen LogP contribution in [0.3, 0.4) is 0 Å². The first-order valence-corrected chi connectivity index (χ1v) is 8.94. The Labute approximate surface area is 180 Å². The number of amides is 1. The molecule has 1 N–H and O–H groups in total. The number of hydrogen-bond donors (Lipinski definition) is 1. The van der Waals surface area contributed by atoms with Gasteiger partial charge >= 0.3 is 0 Å². The Morgan fingerprint density at radius 2 is 1.78 bits per heavy atom. The van der Waals surface area contributed by atoms with Gasteiger partial charge in [0.2, 0.25) is 5.91 Å². The molecule has 8 heteroatoms. The van der Waals surface area contributed by atoms with E-state index in [1.165, 1.54) is 0 Å².